The summed E-state index contributed by atoms with van der Waals surface area (Å²) in [4.78, 5) is 33.9. The second kappa shape index (κ2) is 7.49. The van der Waals surface area contributed by atoms with Crippen LogP contribution in [-0.4, -0.2) is 36.0 Å². The summed E-state index contributed by atoms with van der Waals surface area (Å²) in [5, 5.41) is 11.7. The van der Waals surface area contributed by atoms with E-state index in [1.54, 1.807) is 6.07 Å². The zero-order valence-corrected chi connectivity index (χ0v) is 12.0. The van der Waals surface area contributed by atoms with Gasteiger partial charge in [-0.2, -0.15) is 0 Å². The number of nitrogens with one attached hydrogen (secondary N) is 1. The van der Waals surface area contributed by atoms with E-state index in [9.17, 15) is 14.4 Å². The van der Waals surface area contributed by atoms with E-state index >= 15 is 0 Å². The molecule has 21 heavy (non-hydrogen) atoms. The Bertz CT molecular complexity index is 561. The largest absolute Gasteiger partial charge is 0.496 e. The van der Waals surface area contributed by atoms with Crippen LogP contribution in [-0.2, 0) is 9.59 Å². The van der Waals surface area contributed by atoms with Crippen LogP contribution in [0.4, 0.5) is 0 Å². The minimum atomic E-state index is -1.26. The molecular formula is C13H15ClN2O5. The number of methoxy groups -OCH3 is 1. The molecular weight excluding hydrogens is 300 g/mol. The molecule has 0 radical (unpaired) electrons. The fourth-order valence-electron chi connectivity index (χ4n) is 1.64. The van der Waals surface area contributed by atoms with Crippen LogP contribution in [0.15, 0.2) is 18.2 Å². The van der Waals surface area contributed by atoms with Gasteiger partial charge in [0, 0.05) is 11.4 Å². The van der Waals surface area contributed by atoms with Gasteiger partial charge in [0.1, 0.15) is 11.8 Å². The zero-order chi connectivity index (χ0) is 16.0. The summed E-state index contributed by atoms with van der Waals surface area (Å²) >= 11 is 5.81. The van der Waals surface area contributed by atoms with Crippen LogP contribution in [0.5, 0.6) is 5.75 Å². The second-order valence-electron chi connectivity index (χ2n) is 4.21. The van der Waals surface area contributed by atoms with Crippen molar-refractivity contribution in [3.63, 3.8) is 0 Å². The Hall–Kier alpha value is -2.28. The highest BCUT2D eigenvalue weighted by Gasteiger charge is 2.23. The molecule has 0 aliphatic carbocycles. The first kappa shape index (κ1) is 16.8. The van der Waals surface area contributed by atoms with E-state index in [0.29, 0.717) is 5.02 Å². The lowest BCUT2D eigenvalue weighted by Crippen LogP contribution is -2.41. The molecule has 1 unspecified atom stereocenters. The van der Waals surface area contributed by atoms with Crippen molar-refractivity contribution in [3.05, 3.63) is 28.8 Å². The molecule has 0 fully saturated rings. The van der Waals surface area contributed by atoms with Crippen molar-refractivity contribution >= 4 is 29.4 Å². The monoisotopic (exact) mass is 314 g/mol. The third-order valence-corrected chi connectivity index (χ3v) is 2.92. The Labute approximate surface area is 126 Å². The maximum atomic E-state index is 12.1. The molecule has 0 bridgehead atoms. The molecule has 0 aliphatic rings. The standard InChI is InChI=1S/C13H15ClN2O5/c1-21-10-4-2-7(14)6-8(10)12(18)16-9(13(19)20)3-5-11(15)17/h2,4,6,9H,3,5H2,1H3,(H2,15,17)(H,16,18)(H,19,20). The van der Waals surface area contributed by atoms with Gasteiger partial charge >= 0.3 is 5.97 Å². The van der Waals surface area contributed by atoms with Crippen LogP contribution in [0.25, 0.3) is 0 Å². The van der Waals surface area contributed by atoms with Gasteiger partial charge in [-0.25, -0.2) is 4.79 Å². The van der Waals surface area contributed by atoms with E-state index in [-0.39, 0.29) is 24.2 Å². The number of halogens is 1. The van der Waals surface area contributed by atoms with E-state index in [0.717, 1.165) is 0 Å². The molecule has 0 heterocycles. The lowest BCUT2D eigenvalue weighted by Gasteiger charge is -2.15. The third-order valence-electron chi connectivity index (χ3n) is 2.69. The van der Waals surface area contributed by atoms with Gasteiger partial charge in [-0.15, -0.1) is 0 Å². The van der Waals surface area contributed by atoms with Crippen LogP contribution in [0, 0.1) is 0 Å². The van der Waals surface area contributed by atoms with Gasteiger partial charge in [-0.1, -0.05) is 11.6 Å². The Morgan fingerprint density at radius 1 is 1.43 bits per heavy atom. The Kier molecular flexibility index (Phi) is 5.98. The smallest absolute Gasteiger partial charge is 0.326 e. The van der Waals surface area contributed by atoms with Gasteiger partial charge in [0.05, 0.1) is 12.7 Å². The molecule has 114 valence electrons. The van der Waals surface area contributed by atoms with E-state index in [4.69, 9.17) is 27.2 Å². The van der Waals surface area contributed by atoms with Crippen LogP contribution < -0.4 is 15.8 Å². The van der Waals surface area contributed by atoms with E-state index in [2.05, 4.69) is 5.32 Å². The van der Waals surface area contributed by atoms with Crippen molar-refractivity contribution in [3.8, 4) is 5.75 Å². The molecule has 0 saturated heterocycles. The predicted octanol–water partition coefficient (Wildman–Crippen LogP) is 0.797. The number of carbonyl (C=O) groups excluding carboxylic acids is 2. The summed E-state index contributed by atoms with van der Waals surface area (Å²) in [6.45, 7) is 0. The highest BCUT2D eigenvalue weighted by Crippen LogP contribution is 2.22. The fourth-order valence-corrected chi connectivity index (χ4v) is 1.81. The van der Waals surface area contributed by atoms with E-state index < -0.39 is 23.8 Å². The Morgan fingerprint density at radius 2 is 2.10 bits per heavy atom. The normalized spacial score (nSPS) is 11.5. The average molecular weight is 315 g/mol. The molecule has 0 saturated carbocycles. The summed E-state index contributed by atoms with van der Waals surface area (Å²) in [5.74, 6) is -2.30. The number of rotatable bonds is 7. The van der Waals surface area contributed by atoms with Crippen molar-refractivity contribution in [1.82, 2.24) is 5.32 Å². The van der Waals surface area contributed by atoms with Crippen molar-refractivity contribution in [2.45, 2.75) is 18.9 Å². The molecule has 8 heteroatoms. The zero-order valence-electron chi connectivity index (χ0n) is 11.3. The lowest BCUT2D eigenvalue weighted by molar-refractivity contribution is -0.139. The number of amides is 2. The molecule has 0 aliphatic heterocycles. The van der Waals surface area contributed by atoms with Crippen LogP contribution in [0.1, 0.15) is 23.2 Å². The quantitative estimate of drug-likeness (QED) is 0.687. The number of nitrogens with two attached hydrogens (primary N) is 1. The number of aliphatic carboxylic acids is 1. The highest BCUT2D eigenvalue weighted by atomic mass is 35.5. The van der Waals surface area contributed by atoms with Crippen LogP contribution >= 0.6 is 11.6 Å². The number of carbonyl (C=O) groups is 3. The van der Waals surface area contributed by atoms with E-state index in [1.807, 2.05) is 0 Å². The first-order valence-electron chi connectivity index (χ1n) is 6.00. The van der Waals surface area contributed by atoms with Gasteiger partial charge in [0.2, 0.25) is 5.91 Å². The van der Waals surface area contributed by atoms with Crippen LogP contribution in [0.2, 0.25) is 5.02 Å². The lowest BCUT2D eigenvalue weighted by atomic mass is 10.1. The molecule has 2 amide bonds. The second-order valence-corrected chi connectivity index (χ2v) is 4.65. The minimum Gasteiger partial charge on any atom is -0.496 e. The summed E-state index contributed by atoms with van der Waals surface area (Å²) in [5.41, 5.74) is 5.07. The molecule has 0 aromatic heterocycles. The van der Waals surface area contributed by atoms with Crippen molar-refractivity contribution in [2.24, 2.45) is 5.73 Å². The van der Waals surface area contributed by atoms with Crippen molar-refractivity contribution in [1.29, 1.82) is 0 Å². The summed E-state index contributed by atoms with van der Waals surface area (Å²) in [7, 11) is 1.38. The summed E-state index contributed by atoms with van der Waals surface area (Å²) < 4.78 is 5.02. The van der Waals surface area contributed by atoms with Crippen molar-refractivity contribution in [2.75, 3.05) is 7.11 Å². The number of primary amides is 1. The molecule has 4 N–H and O–H groups in total. The SMILES string of the molecule is COc1ccc(Cl)cc1C(=O)NC(CCC(N)=O)C(=O)O. The maximum Gasteiger partial charge on any atom is 0.326 e. The number of carboxylic acid groups (broad SMARTS) is 1. The average Bonchev–Trinajstić information content (AvgIpc) is 2.42. The maximum absolute atomic E-state index is 12.1. The van der Waals surface area contributed by atoms with Gasteiger partial charge in [0.25, 0.3) is 5.91 Å². The number of carboxylic acids is 1. The number of ether oxygens (including phenoxy) is 1. The van der Waals surface area contributed by atoms with E-state index in [1.165, 1.54) is 19.2 Å². The molecule has 0 spiro atoms. The molecule has 1 aromatic rings. The molecule has 1 aromatic carbocycles. The molecule has 1 rings (SSSR count). The van der Waals surface area contributed by atoms with Gasteiger partial charge in [-0.3, -0.25) is 9.59 Å². The minimum absolute atomic E-state index is 0.0979. The number of hydrogen-bond donors (Lipinski definition) is 3. The van der Waals surface area contributed by atoms with Gasteiger partial charge in [0.15, 0.2) is 0 Å². The first-order chi connectivity index (χ1) is 9.85. The van der Waals surface area contributed by atoms with Crippen molar-refractivity contribution < 1.29 is 24.2 Å². The van der Waals surface area contributed by atoms with Crippen LogP contribution in [0.3, 0.4) is 0 Å². The summed E-state index contributed by atoms with van der Waals surface area (Å²) in [6, 6.07) is 3.17. The number of hydrogen-bond acceptors (Lipinski definition) is 4. The fraction of sp³-hybridized carbons (Fsp3) is 0.308. The molecule has 1 atom stereocenters. The molecule has 7 nitrogen and oxygen atoms in total. The summed E-state index contributed by atoms with van der Waals surface area (Å²) in [6.07, 6.45) is -0.247. The predicted molar refractivity (Wildman–Crippen MR) is 75.3 cm³/mol. The third kappa shape index (κ3) is 4.96. The van der Waals surface area contributed by atoms with Gasteiger partial charge < -0.3 is 20.9 Å². The topological polar surface area (TPSA) is 119 Å². The Balaban J connectivity index is 2.89. The number of benzene rings is 1. The highest BCUT2D eigenvalue weighted by molar-refractivity contribution is 6.31. The Morgan fingerprint density at radius 3 is 2.62 bits per heavy atom. The van der Waals surface area contributed by atoms with Gasteiger partial charge in [-0.05, 0) is 24.6 Å². The first-order valence-corrected chi connectivity index (χ1v) is 6.38.